The summed E-state index contributed by atoms with van der Waals surface area (Å²) in [5.74, 6) is -0.889. The molecule has 33 heavy (non-hydrogen) atoms. The molecule has 3 heterocycles. The first-order valence-corrected chi connectivity index (χ1v) is 11.8. The van der Waals surface area contributed by atoms with E-state index >= 15 is 0 Å². The van der Waals surface area contributed by atoms with Crippen LogP contribution in [-0.4, -0.2) is 34.2 Å². The normalized spacial score (nSPS) is 15.4. The zero-order valence-corrected chi connectivity index (χ0v) is 19.1. The molecule has 0 bridgehead atoms. The zero-order chi connectivity index (χ0) is 23.1. The number of fused-ring (bicyclic) bond motifs is 2. The first-order chi connectivity index (χ1) is 15.9. The molecule has 2 aliphatic rings. The van der Waals surface area contributed by atoms with Gasteiger partial charge in [-0.1, -0.05) is 6.07 Å². The van der Waals surface area contributed by atoms with Crippen LogP contribution in [0.15, 0.2) is 41.4 Å². The average molecular weight is 468 g/mol. The van der Waals surface area contributed by atoms with Gasteiger partial charge in [0, 0.05) is 23.8 Å². The van der Waals surface area contributed by atoms with Crippen LogP contribution >= 0.6 is 11.8 Å². The maximum absolute atomic E-state index is 15.0. The average Bonchev–Trinajstić information content (AvgIpc) is 2.79. The largest absolute Gasteiger partial charge is 0.324 e. The summed E-state index contributed by atoms with van der Waals surface area (Å²) < 4.78 is 29.7. The molecule has 0 radical (unpaired) electrons. The monoisotopic (exact) mass is 467 g/mol. The first kappa shape index (κ1) is 21.8. The number of hydrogen-bond acceptors (Lipinski definition) is 6. The molecule has 0 fully saturated rings. The fourth-order valence-electron chi connectivity index (χ4n) is 4.26. The number of anilines is 3. The van der Waals surface area contributed by atoms with Crippen molar-refractivity contribution in [3.63, 3.8) is 0 Å². The first-order valence-electron chi connectivity index (χ1n) is 10.8. The lowest BCUT2D eigenvalue weighted by Crippen LogP contribution is -2.40. The van der Waals surface area contributed by atoms with Gasteiger partial charge < -0.3 is 15.5 Å². The number of hydrogen-bond donors (Lipinski definition) is 2. The van der Waals surface area contributed by atoms with Gasteiger partial charge in [-0.05, 0) is 62.2 Å². The fourth-order valence-corrected chi connectivity index (χ4v) is 5.17. The third-order valence-corrected chi connectivity index (χ3v) is 6.86. The molecule has 170 valence electrons. The highest BCUT2D eigenvalue weighted by Gasteiger charge is 2.30. The number of halogens is 2. The Hall–Kier alpha value is -3.04. The van der Waals surface area contributed by atoms with Crippen LogP contribution < -0.4 is 15.5 Å². The van der Waals surface area contributed by atoms with E-state index < -0.39 is 11.6 Å². The Bertz CT molecular complexity index is 1250. The van der Waals surface area contributed by atoms with E-state index in [-0.39, 0.29) is 34.9 Å². The Morgan fingerprint density at radius 1 is 1.15 bits per heavy atom. The molecular weight excluding hydrogens is 444 g/mol. The lowest BCUT2D eigenvalue weighted by molar-refractivity contribution is -0.116. The molecular formula is C24H23F2N5OS. The Labute approximate surface area is 194 Å². The molecule has 3 aromatic rings. The van der Waals surface area contributed by atoms with E-state index in [0.717, 1.165) is 43.2 Å². The minimum atomic E-state index is -0.666. The molecule has 0 saturated heterocycles. The number of rotatable bonds is 4. The van der Waals surface area contributed by atoms with E-state index in [1.807, 2.05) is 26.0 Å². The minimum Gasteiger partial charge on any atom is -0.324 e. The van der Waals surface area contributed by atoms with E-state index in [1.165, 1.54) is 17.2 Å². The number of nitrogens with one attached hydrogen (secondary N) is 2. The summed E-state index contributed by atoms with van der Waals surface area (Å²) >= 11 is 1.16. The molecule has 0 aliphatic carbocycles. The van der Waals surface area contributed by atoms with E-state index in [0.29, 0.717) is 10.6 Å². The van der Waals surface area contributed by atoms with Gasteiger partial charge >= 0.3 is 0 Å². The standard InChI is InChI=1S/C24H23F2N5OS/c1-13(2)31-20-9-15(8-18(25)23(20)33-12-21(31)32)22-19(26)11-28-24(30-22)29-17-4-3-14-5-6-27-10-16(14)7-17/h3-4,7-9,11,13,27H,5-6,10,12H2,1-2H3,(H,28,29,30). The SMILES string of the molecule is CC(C)N1C(=O)CSc2c(F)cc(-c3nc(Nc4ccc5c(c4)CNCC5)ncc3F)cc21. The molecule has 0 spiro atoms. The quantitative estimate of drug-likeness (QED) is 0.582. The highest BCUT2D eigenvalue weighted by atomic mass is 32.2. The molecule has 1 aromatic heterocycles. The molecule has 0 unspecified atom stereocenters. The smallest absolute Gasteiger partial charge is 0.237 e. The van der Waals surface area contributed by atoms with E-state index in [1.54, 1.807) is 11.0 Å². The van der Waals surface area contributed by atoms with Crippen LogP contribution in [0.25, 0.3) is 11.3 Å². The van der Waals surface area contributed by atoms with Gasteiger partial charge in [0.05, 0.1) is 22.5 Å². The van der Waals surface area contributed by atoms with Crippen molar-refractivity contribution in [3.8, 4) is 11.3 Å². The Morgan fingerprint density at radius 2 is 2.00 bits per heavy atom. The van der Waals surface area contributed by atoms with Gasteiger partial charge in [-0.15, -0.1) is 11.8 Å². The predicted octanol–water partition coefficient (Wildman–Crippen LogP) is 4.66. The minimum absolute atomic E-state index is 0.0273. The van der Waals surface area contributed by atoms with Crippen LogP contribution in [0.3, 0.4) is 0 Å². The molecule has 1 amide bonds. The van der Waals surface area contributed by atoms with Crippen LogP contribution in [-0.2, 0) is 17.8 Å². The maximum Gasteiger partial charge on any atom is 0.237 e. The highest BCUT2D eigenvalue weighted by molar-refractivity contribution is 8.00. The van der Waals surface area contributed by atoms with Gasteiger partial charge in [-0.2, -0.15) is 0 Å². The predicted molar refractivity (Wildman–Crippen MR) is 126 cm³/mol. The molecule has 9 heteroatoms. The van der Waals surface area contributed by atoms with Crippen molar-refractivity contribution in [3.05, 3.63) is 59.3 Å². The summed E-state index contributed by atoms with van der Waals surface area (Å²) in [7, 11) is 0. The lowest BCUT2D eigenvalue weighted by atomic mass is 10.0. The molecule has 0 saturated carbocycles. The second kappa shape index (κ2) is 8.72. The second-order valence-corrected chi connectivity index (χ2v) is 9.36. The maximum atomic E-state index is 15.0. The van der Waals surface area contributed by atoms with Crippen molar-refractivity contribution >= 4 is 35.0 Å². The number of aromatic nitrogens is 2. The number of carbonyl (C=O) groups is 1. The Kier molecular flexibility index (Phi) is 5.76. The third kappa shape index (κ3) is 4.18. The second-order valence-electron chi connectivity index (χ2n) is 8.38. The molecule has 6 nitrogen and oxygen atoms in total. The van der Waals surface area contributed by atoms with Gasteiger partial charge in [0.2, 0.25) is 11.9 Å². The van der Waals surface area contributed by atoms with Gasteiger partial charge in [0.15, 0.2) is 5.82 Å². The van der Waals surface area contributed by atoms with Crippen molar-refractivity contribution in [2.24, 2.45) is 0 Å². The van der Waals surface area contributed by atoms with Gasteiger partial charge in [-0.25, -0.2) is 18.7 Å². The van der Waals surface area contributed by atoms with Crippen molar-refractivity contribution in [1.82, 2.24) is 15.3 Å². The van der Waals surface area contributed by atoms with E-state index in [4.69, 9.17) is 0 Å². The molecule has 2 aromatic carbocycles. The van der Waals surface area contributed by atoms with Crippen molar-refractivity contribution in [2.75, 3.05) is 22.5 Å². The summed E-state index contributed by atoms with van der Waals surface area (Å²) in [6.45, 7) is 5.48. The van der Waals surface area contributed by atoms with Crippen molar-refractivity contribution < 1.29 is 13.6 Å². The number of amides is 1. The number of carbonyl (C=O) groups excluding carboxylic acids is 1. The fraction of sp³-hybridized carbons (Fsp3) is 0.292. The highest BCUT2D eigenvalue weighted by Crippen LogP contribution is 2.41. The molecule has 2 N–H and O–H groups in total. The number of thioether (sulfide) groups is 1. The number of nitrogens with zero attached hydrogens (tertiary/aromatic N) is 3. The summed E-state index contributed by atoms with van der Waals surface area (Å²) in [4.78, 5) is 22.8. The van der Waals surface area contributed by atoms with E-state index in [2.05, 4.69) is 26.7 Å². The number of benzene rings is 2. The molecule has 2 aliphatic heterocycles. The summed E-state index contributed by atoms with van der Waals surface area (Å²) in [6, 6.07) is 8.77. The van der Waals surface area contributed by atoms with Gasteiger partial charge in [-0.3, -0.25) is 4.79 Å². The molecule has 0 atom stereocenters. The third-order valence-electron chi connectivity index (χ3n) is 5.78. The van der Waals surface area contributed by atoms with Gasteiger partial charge in [0.25, 0.3) is 0 Å². The van der Waals surface area contributed by atoms with Crippen molar-refractivity contribution in [2.45, 2.75) is 37.8 Å². The summed E-state index contributed by atoms with van der Waals surface area (Å²) in [5, 5.41) is 6.46. The van der Waals surface area contributed by atoms with Crippen LogP contribution in [0.2, 0.25) is 0 Å². The summed E-state index contributed by atoms with van der Waals surface area (Å²) in [5.41, 5.74) is 3.95. The Balaban J connectivity index is 1.51. The van der Waals surface area contributed by atoms with Crippen LogP contribution in [0.5, 0.6) is 0 Å². The molecule has 5 rings (SSSR count). The van der Waals surface area contributed by atoms with Crippen LogP contribution in [0, 0.1) is 11.6 Å². The van der Waals surface area contributed by atoms with Crippen molar-refractivity contribution in [1.29, 1.82) is 0 Å². The lowest BCUT2D eigenvalue weighted by Gasteiger charge is -2.32. The Morgan fingerprint density at radius 3 is 2.82 bits per heavy atom. The zero-order valence-electron chi connectivity index (χ0n) is 18.3. The topological polar surface area (TPSA) is 70.2 Å². The van der Waals surface area contributed by atoms with E-state index in [9.17, 15) is 13.6 Å². The van der Waals surface area contributed by atoms with Gasteiger partial charge in [0.1, 0.15) is 11.5 Å². The summed E-state index contributed by atoms with van der Waals surface area (Å²) in [6.07, 6.45) is 2.05. The van der Waals surface area contributed by atoms with Crippen LogP contribution in [0.1, 0.15) is 25.0 Å². The van der Waals surface area contributed by atoms with Crippen LogP contribution in [0.4, 0.5) is 26.1 Å².